The SMILES string of the molecule is CC(C)(CCO)N1C(=O)CC(SCC(=O)C2CCC2)C1=O. The van der Waals surface area contributed by atoms with Gasteiger partial charge in [-0.25, -0.2) is 0 Å². The number of imide groups is 1. The molecule has 0 aromatic heterocycles. The first-order valence-corrected chi connectivity index (χ1v) is 8.54. The zero-order valence-electron chi connectivity index (χ0n) is 12.6. The van der Waals surface area contributed by atoms with Crippen LogP contribution in [0, 0.1) is 5.92 Å². The quantitative estimate of drug-likeness (QED) is 0.719. The molecule has 1 aliphatic heterocycles. The molecule has 1 atom stereocenters. The molecular formula is C15H23NO4S. The molecule has 1 saturated heterocycles. The van der Waals surface area contributed by atoms with Crippen LogP contribution >= 0.6 is 11.8 Å². The molecule has 118 valence electrons. The van der Waals surface area contributed by atoms with E-state index in [0.29, 0.717) is 12.2 Å². The number of carbonyl (C=O) groups excluding carboxylic acids is 3. The van der Waals surface area contributed by atoms with E-state index in [1.807, 2.05) is 0 Å². The monoisotopic (exact) mass is 313 g/mol. The molecule has 1 unspecified atom stereocenters. The van der Waals surface area contributed by atoms with Crippen molar-refractivity contribution in [1.29, 1.82) is 0 Å². The Bertz CT molecular complexity index is 445. The minimum Gasteiger partial charge on any atom is -0.396 e. The second-order valence-electron chi connectivity index (χ2n) is 6.45. The van der Waals surface area contributed by atoms with E-state index < -0.39 is 10.8 Å². The maximum Gasteiger partial charge on any atom is 0.243 e. The summed E-state index contributed by atoms with van der Waals surface area (Å²) >= 11 is 1.30. The fraction of sp³-hybridized carbons (Fsp3) is 0.800. The number of hydrogen-bond acceptors (Lipinski definition) is 5. The predicted octanol–water partition coefficient (Wildman–Crippen LogP) is 1.38. The number of Topliss-reactive ketones (excluding diaryl/α,β-unsaturated/α-hetero) is 1. The lowest BCUT2D eigenvalue weighted by molar-refractivity contribution is -0.144. The summed E-state index contributed by atoms with van der Waals surface area (Å²) in [5.41, 5.74) is -0.670. The number of thioether (sulfide) groups is 1. The van der Waals surface area contributed by atoms with Gasteiger partial charge in [-0.1, -0.05) is 6.42 Å². The first-order valence-electron chi connectivity index (χ1n) is 7.49. The average Bonchev–Trinajstić information content (AvgIpc) is 2.59. The Balaban J connectivity index is 1.92. The van der Waals surface area contributed by atoms with E-state index in [1.54, 1.807) is 13.8 Å². The topological polar surface area (TPSA) is 74.7 Å². The molecule has 0 aromatic rings. The van der Waals surface area contributed by atoms with Gasteiger partial charge in [-0.2, -0.15) is 0 Å². The van der Waals surface area contributed by atoms with Gasteiger partial charge in [-0.15, -0.1) is 11.8 Å². The fourth-order valence-electron chi connectivity index (χ4n) is 2.79. The minimum atomic E-state index is -0.670. The fourth-order valence-corrected chi connectivity index (χ4v) is 3.90. The molecule has 0 aromatic carbocycles. The largest absolute Gasteiger partial charge is 0.396 e. The summed E-state index contributed by atoms with van der Waals surface area (Å²) in [6.45, 7) is 3.50. The number of ketones is 1. The highest BCUT2D eigenvalue weighted by Crippen LogP contribution is 2.34. The Morgan fingerprint density at radius 3 is 2.57 bits per heavy atom. The van der Waals surface area contributed by atoms with E-state index in [0.717, 1.165) is 19.3 Å². The number of likely N-dealkylation sites (tertiary alicyclic amines) is 1. The highest BCUT2D eigenvalue weighted by molar-refractivity contribution is 8.01. The first kappa shape index (κ1) is 16.5. The maximum absolute atomic E-state index is 12.4. The molecule has 1 N–H and O–H groups in total. The molecule has 21 heavy (non-hydrogen) atoms. The molecular weight excluding hydrogens is 290 g/mol. The van der Waals surface area contributed by atoms with Crippen LogP contribution in [0.25, 0.3) is 0 Å². The second-order valence-corrected chi connectivity index (χ2v) is 7.64. The lowest BCUT2D eigenvalue weighted by Gasteiger charge is -2.33. The van der Waals surface area contributed by atoms with Gasteiger partial charge in [0.1, 0.15) is 5.78 Å². The molecule has 5 nitrogen and oxygen atoms in total. The number of rotatable bonds is 7. The van der Waals surface area contributed by atoms with Gasteiger partial charge in [0.2, 0.25) is 11.8 Å². The molecule has 1 saturated carbocycles. The number of carbonyl (C=O) groups is 3. The van der Waals surface area contributed by atoms with E-state index in [1.165, 1.54) is 16.7 Å². The van der Waals surface area contributed by atoms with Crippen LogP contribution in [0.4, 0.5) is 0 Å². The third kappa shape index (κ3) is 3.48. The van der Waals surface area contributed by atoms with Crippen molar-refractivity contribution in [2.24, 2.45) is 5.92 Å². The Labute approximate surface area is 129 Å². The van der Waals surface area contributed by atoms with Crippen LogP contribution < -0.4 is 0 Å². The van der Waals surface area contributed by atoms with Gasteiger partial charge in [0, 0.05) is 24.5 Å². The van der Waals surface area contributed by atoms with Crippen molar-refractivity contribution in [3.8, 4) is 0 Å². The number of hydrogen-bond donors (Lipinski definition) is 1. The van der Waals surface area contributed by atoms with E-state index in [2.05, 4.69) is 0 Å². The normalized spacial score (nSPS) is 23.6. The molecule has 0 radical (unpaired) electrons. The predicted molar refractivity (Wildman–Crippen MR) is 80.8 cm³/mol. The van der Waals surface area contributed by atoms with Gasteiger partial charge in [0.15, 0.2) is 0 Å². The highest BCUT2D eigenvalue weighted by atomic mass is 32.2. The van der Waals surface area contributed by atoms with Gasteiger partial charge in [0.05, 0.1) is 11.0 Å². The number of nitrogens with zero attached hydrogens (tertiary/aromatic N) is 1. The van der Waals surface area contributed by atoms with Gasteiger partial charge < -0.3 is 5.11 Å². The van der Waals surface area contributed by atoms with Gasteiger partial charge in [-0.05, 0) is 33.1 Å². The van der Waals surface area contributed by atoms with E-state index in [9.17, 15) is 14.4 Å². The summed E-state index contributed by atoms with van der Waals surface area (Å²) in [4.78, 5) is 37.6. The summed E-state index contributed by atoms with van der Waals surface area (Å²) in [5.74, 6) is 0.283. The van der Waals surface area contributed by atoms with Crippen molar-refractivity contribution in [2.75, 3.05) is 12.4 Å². The molecule has 2 amide bonds. The number of aliphatic hydroxyl groups is 1. The van der Waals surface area contributed by atoms with Crippen LogP contribution in [0.2, 0.25) is 0 Å². The summed E-state index contributed by atoms with van der Waals surface area (Å²) in [5, 5.41) is 8.63. The van der Waals surface area contributed by atoms with E-state index in [-0.39, 0.29) is 36.5 Å². The molecule has 2 fully saturated rings. The Hall–Kier alpha value is -0.880. The summed E-state index contributed by atoms with van der Waals surface area (Å²) < 4.78 is 0. The van der Waals surface area contributed by atoms with Crippen LogP contribution in [0.15, 0.2) is 0 Å². The van der Waals surface area contributed by atoms with Crippen LogP contribution in [0.3, 0.4) is 0 Å². The highest BCUT2D eigenvalue weighted by Gasteiger charge is 2.46. The van der Waals surface area contributed by atoms with Crippen LogP contribution in [-0.2, 0) is 14.4 Å². The van der Waals surface area contributed by atoms with E-state index >= 15 is 0 Å². The lowest BCUT2D eigenvalue weighted by Crippen LogP contribution is -2.48. The summed E-state index contributed by atoms with van der Waals surface area (Å²) in [6, 6.07) is 0. The zero-order chi connectivity index (χ0) is 15.6. The van der Waals surface area contributed by atoms with Crippen molar-refractivity contribution in [1.82, 2.24) is 4.90 Å². The van der Waals surface area contributed by atoms with Crippen LogP contribution in [0.1, 0.15) is 46.0 Å². The van der Waals surface area contributed by atoms with Crippen molar-refractivity contribution in [2.45, 2.75) is 56.7 Å². The molecule has 1 aliphatic carbocycles. The molecule has 0 spiro atoms. The van der Waals surface area contributed by atoms with Crippen molar-refractivity contribution in [3.05, 3.63) is 0 Å². The summed E-state index contributed by atoms with van der Waals surface area (Å²) in [6.07, 6.45) is 3.57. The molecule has 2 aliphatic rings. The average molecular weight is 313 g/mol. The van der Waals surface area contributed by atoms with Crippen LogP contribution in [-0.4, -0.2) is 50.8 Å². The first-order chi connectivity index (χ1) is 9.86. The number of amides is 2. The van der Waals surface area contributed by atoms with Gasteiger partial charge >= 0.3 is 0 Å². The molecule has 6 heteroatoms. The van der Waals surface area contributed by atoms with Crippen molar-refractivity contribution in [3.63, 3.8) is 0 Å². The minimum absolute atomic E-state index is 0.0674. The summed E-state index contributed by atoms with van der Waals surface area (Å²) in [7, 11) is 0. The third-order valence-electron chi connectivity index (χ3n) is 4.42. The Kier molecular flexibility index (Phi) is 5.09. The zero-order valence-corrected chi connectivity index (χ0v) is 13.4. The van der Waals surface area contributed by atoms with Crippen molar-refractivity contribution < 1.29 is 19.5 Å². The molecule has 1 heterocycles. The van der Waals surface area contributed by atoms with Crippen LogP contribution in [0.5, 0.6) is 0 Å². The smallest absolute Gasteiger partial charge is 0.243 e. The molecule has 0 bridgehead atoms. The number of aliphatic hydroxyl groups excluding tert-OH is 1. The maximum atomic E-state index is 12.4. The Morgan fingerprint density at radius 2 is 2.05 bits per heavy atom. The van der Waals surface area contributed by atoms with E-state index in [4.69, 9.17) is 5.11 Å². The van der Waals surface area contributed by atoms with Gasteiger partial charge in [0.25, 0.3) is 0 Å². The molecule has 2 rings (SSSR count). The third-order valence-corrected chi connectivity index (χ3v) is 5.64. The van der Waals surface area contributed by atoms with Crippen molar-refractivity contribution >= 4 is 29.4 Å². The van der Waals surface area contributed by atoms with Gasteiger partial charge in [-0.3, -0.25) is 19.3 Å². The Morgan fingerprint density at radius 1 is 1.38 bits per heavy atom. The standard InChI is InChI=1S/C15H23NO4S/c1-15(2,6-7-17)16-13(19)8-12(14(16)20)21-9-11(18)10-4-3-5-10/h10,12,17H,3-9H2,1-2H3. The second kappa shape index (κ2) is 6.48. The lowest BCUT2D eigenvalue weighted by atomic mass is 9.83.